The number of rotatable bonds is 5. The van der Waals surface area contributed by atoms with Gasteiger partial charge in [0.05, 0.1) is 6.10 Å². The van der Waals surface area contributed by atoms with Gasteiger partial charge in [-0.25, -0.2) is 0 Å². The Hall–Kier alpha value is -1.06. The summed E-state index contributed by atoms with van der Waals surface area (Å²) in [5.74, 6) is 0. The van der Waals surface area contributed by atoms with E-state index < -0.39 is 0 Å². The van der Waals surface area contributed by atoms with Gasteiger partial charge in [0.1, 0.15) is 0 Å². The average molecular weight is 262 g/mol. The van der Waals surface area contributed by atoms with Crippen LogP contribution in [0.15, 0.2) is 24.3 Å². The molecule has 19 heavy (non-hydrogen) atoms. The molecule has 2 unspecified atom stereocenters. The SMILES string of the molecule is CCCOC1CCCN(c2ccccc2C(C)N)C1. The first-order valence-electron chi connectivity index (χ1n) is 7.43. The Morgan fingerprint density at radius 2 is 2.21 bits per heavy atom. The number of ether oxygens (including phenoxy) is 1. The van der Waals surface area contributed by atoms with Crippen molar-refractivity contribution in [3.05, 3.63) is 29.8 Å². The van der Waals surface area contributed by atoms with Gasteiger partial charge in [-0.2, -0.15) is 0 Å². The number of nitrogens with zero attached hydrogens (tertiary/aromatic N) is 1. The van der Waals surface area contributed by atoms with Crippen LogP contribution in [0.4, 0.5) is 5.69 Å². The van der Waals surface area contributed by atoms with E-state index >= 15 is 0 Å². The molecule has 0 spiro atoms. The summed E-state index contributed by atoms with van der Waals surface area (Å²) in [6.07, 6.45) is 3.83. The van der Waals surface area contributed by atoms with E-state index in [0.717, 1.165) is 26.1 Å². The van der Waals surface area contributed by atoms with Crippen LogP contribution in [0.5, 0.6) is 0 Å². The Labute approximate surface area is 116 Å². The molecule has 3 heteroatoms. The second-order valence-electron chi connectivity index (χ2n) is 5.43. The van der Waals surface area contributed by atoms with Crippen LogP contribution in [0.1, 0.15) is 44.7 Å². The second kappa shape index (κ2) is 6.92. The summed E-state index contributed by atoms with van der Waals surface area (Å²) in [5.41, 5.74) is 8.59. The molecule has 0 amide bonds. The smallest absolute Gasteiger partial charge is 0.0750 e. The topological polar surface area (TPSA) is 38.5 Å². The Kier molecular flexibility index (Phi) is 5.23. The van der Waals surface area contributed by atoms with Crippen LogP contribution in [0.25, 0.3) is 0 Å². The first-order valence-corrected chi connectivity index (χ1v) is 7.43. The van der Waals surface area contributed by atoms with E-state index in [4.69, 9.17) is 10.5 Å². The molecule has 1 fully saturated rings. The third kappa shape index (κ3) is 3.71. The summed E-state index contributed by atoms with van der Waals surface area (Å²) < 4.78 is 5.91. The number of hydrogen-bond acceptors (Lipinski definition) is 3. The predicted molar refractivity (Wildman–Crippen MR) is 80.5 cm³/mol. The number of para-hydroxylation sites is 1. The van der Waals surface area contributed by atoms with E-state index in [1.165, 1.54) is 24.1 Å². The van der Waals surface area contributed by atoms with Crippen LogP contribution in [-0.2, 0) is 4.74 Å². The lowest BCUT2D eigenvalue weighted by Gasteiger charge is -2.36. The summed E-state index contributed by atoms with van der Waals surface area (Å²) in [6, 6.07) is 8.56. The molecule has 2 atom stereocenters. The van der Waals surface area contributed by atoms with E-state index in [-0.39, 0.29) is 6.04 Å². The molecule has 1 heterocycles. The van der Waals surface area contributed by atoms with Crippen molar-refractivity contribution >= 4 is 5.69 Å². The molecule has 1 saturated heterocycles. The van der Waals surface area contributed by atoms with Crippen LogP contribution in [0, 0.1) is 0 Å². The van der Waals surface area contributed by atoms with Crippen molar-refractivity contribution in [1.29, 1.82) is 0 Å². The summed E-state index contributed by atoms with van der Waals surface area (Å²) in [5, 5.41) is 0. The fourth-order valence-electron chi connectivity index (χ4n) is 2.74. The number of anilines is 1. The van der Waals surface area contributed by atoms with Crippen molar-refractivity contribution in [3.8, 4) is 0 Å². The largest absolute Gasteiger partial charge is 0.376 e. The van der Waals surface area contributed by atoms with Crippen LogP contribution in [0.3, 0.4) is 0 Å². The molecule has 0 saturated carbocycles. The molecule has 0 aliphatic carbocycles. The van der Waals surface area contributed by atoms with Gasteiger partial charge < -0.3 is 15.4 Å². The average Bonchev–Trinajstić information content (AvgIpc) is 2.45. The van der Waals surface area contributed by atoms with Crippen molar-refractivity contribution in [2.75, 3.05) is 24.6 Å². The Morgan fingerprint density at radius 3 is 2.95 bits per heavy atom. The van der Waals surface area contributed by atoms with Crippen molar-refractivity contribution in [2.45, 2.75) is 45.3 Å². The lowest BCUT2D eigenvalue weighted by atomic mass is 10.0. The van der Waals surface area contributed by atoms with Gasteiger partial charge in [0, 0.05) is 31.4 Å². The molecule has 1 aromatic carbocycles. The maximum atomic E-state index is 6.08. The molecule has 0 bridgehead atoms. The van der Waals surface area contributed by atoms with Gasteiger partial charge in [0.15, 0.2) is 0 Å². The normalized spacial score (nSPS) is 21.4. The molecule has 2 rings (SSSR count). The zero-order valence-corrected chi connectivity index (χ0v) is 12.1. The Bertz CT molecular complexity index is 392. The molecule has 106 valence electrons. The second-order valence-corrected chi connectivity index (χ2v) is 5.43. The predicted octanol–water partition coefficient (Wildman–Crippen LogP) is 3.10. The highest BCUT2D eigenvalue weighted by molar-refractivity contribution is 5.55. The number of piperidine rings is 1. The molecule has 1 aromatic rings. The number of nitrogens with two attached hydrogens (primary N) is 1. The van der Waals surface area contributed by atoms with E-state index in [9.17, 15) is 0 Å². The lowest BCUT2D eigenvalue weighted by molar-refractivity contribution is 0.0440. The van der Waals surface area contributed by atoms with E-state index in [1.54, 1.807) is 0 Å². The first kappa shape index (κ1) is 14.4. The summed E-state index contributed by atoms with van der Waals surface area (Å²) in [6.45, 7) is 7.17. The maximum absolute atomic E-state index is 6.08. The van der Waals surface area contributed by atoms with E-state index in [0.29, 0.717) is 6.10 Å². The molecule has 1 aliphatic heterocycles. The van der Waals surface area contributed by atoms with Crippen LogP contribution < -0.4 is 10.6 Å². The van der Waals surface area contributed by atoms with Crippen LogP contribution >= 0.6 is 0 Å². The minimum Gasteiger partial charge on any atom is -0.376 e. The van der Waals surface area contributed by atoms with Gasteiger partial charge in [-0.05, 0) is 37.8 Å². The zero-order valence-electron chi connectivity index (χ0n) is 12.1. The zero-order chi connectivity index (χ0) is 13.7. The molecule has 1 aliphatic rings. The molecular formula is C16H26N2O. The quantitative estimate of drug-likeness (QED) is 0.886. The minimum atomic E-state index is 0.0770. The number of hydrogen-bond donors (Lipinski definition) is 1. The van der Waals surface area contributed by atoms with Crippen molar-refractivity contribution < 1.29 is 4.74 Å². The van der Waals surface area contributed by atoms with Gasteiger partial charge in [-0.1, -0.05) is 25.1 Å². The number of benzene rings is 1. The van der Waals surface area contributed by atoms with E-state index in [1.807, 2.05) is 6.92 Å². The summed E-state index contributed by atoms with van der Waals surface area (Å²) >= 11 is 0. The lowest BCUT2D eigenvalue weighted by Crippen LogP contribution is -2.40. The van der Waals surface area contributed by atoms with Crippen LogP contribution in [0.2, 0.25) is 0 Å². The Morgan fingerprint density at radius 1 is 1.42 bits per heavy atom. The third-order valence-corrected chi connectivity index (χ3v) is 3.70. The van der Waals surface area contributed by atoms with Crippen LogP contribution in [-0.4, -0.2) is 25.8 Å². The van der Waals surface area contributed by atoms with Crippen molar-refractivity contribution in [3.63, 3.8) is 0 Å². The standard InChI is InChI=1S/C16H26N2O/c1-3-11-19-14-7-6-10-18(12-14)16-9-5-4-8-15(16)13(2)17/h4-5,8-9,13-14H,3,6-7,10-12,17H2,1-2H3. The highest BCUT2D eigenvalue weighted by Gasteiger charge is 2.22. The fraction of sp³-hybridized carbons (Fsp3) is 0.625. The van der Waals surface area contributed by atoms with Crippen molar-refractivity contribution in [1.82, 2.24) is 0 Å². The summed E-state index contributed by atoms with van der Waals surface area (Å²) in [7, 11) is 0. The van der Waals surface area contributed by atoms with Crippen molar-refractivity contribution in [2.24, 2.45) is 5.73 Å². The fourth-order valence-corrected chi connectivity index (χ4v) is 2.74. The van der Waals surface area contributed by atoms with Gasteiger partial charge in [-0.15, -0.1) is 0 Å². The minimum absolute atomic E-state index is 0.0770. The van der Waals surface area contributed by atoms with Gasteiger partial charge in [-0.3, -0.25) is 0 Å². The summed E-state index contributed by atoms with van der Waals surface area (Å²) in [4.78, 5) is 2.43. The van der Waals surface area contributed by atoms with Gasteiger partial charge in [0.2, 0.25) is 0 Å². The van der Waals surface area contributed by atoms with Gasteiger partial charge >= 0.3 is 0 Å². The monoisotopic (exact) mass is 262 g/mol. The molecule has 3 nitrogen and oxygen atoms in total. The Balaban J connectivity index is 2.08. The third-order valence-electron chi connectivity index (χ3n) is 3.70. The molecule has 2 N–H and O–H groups in total. The molecule has 0 radical (unpaired) electrons. The van der Waals surface area contributed by atoms with E-state index in [2.05, 4.69) is 36.1 Å². The molecule has 0 aromatic heterocycles. The highest BCUT2D eigenvalue weighted by Crippen LogP contribution is 2.28. The van der Waals surface area contributed by atoms with Gasteiger partial charge in [0.25, 0.3) is 0 Å². The maximum Gasteiger partial charge on any atom is 0.0750 e. The highest BCUT2D eigenvalue weighted by atomic mass is 16.5. The first-order chi connectivity index (χ1) is 9.22. The molecular weight excluding hydrogens is 236 g/mol.